The molecule has 1 fully saturated rings. The summed E-state index contributed by atoms with van der Waals surface area (Å²) in [7, 11) is -2.61. The standard InChI is InChI=1S/C14H18FNO4S/c1-10-9-11(15)6-7-13(10)21(18,19)16-8-4-3-5-12(16)14(17)20-2/h6-7,9,12H,3-5,8H2,1-2H3/t12-/m1/s1. The van der Waals surface area contributed by atoms with Crippen LogP contribution in [0.4, 0.5) is 4.39 Å². The van der Waals surface area contributed by atoms with Gasteiger partial charge in [0.1, 0.15) is 11.9 Å². The van der Waals surface area contributed by atoms with Crippen molar-refractivity contribution in [2.45, 2.75) is 37.1 Å². The molecule has 1 saturated heterocycles. The number of aryl methyl sites for hydroxylation is 1. The molecule has 1 heterocycles. The maximum Gasteiger partial charge on any atom is 0.324 e. The first kappa shape index (κ1) is 15.9. The second-order valence-electron chi connectivity index (χ2n) is 5.06. The first-order chi connectivity index (χ1) is 9.87. The first-order valence-electron chi connectivity index (χ1n) is 6.73. The van der Waals surface area contributed by atoms with E-state index < -0.39 is 27.9 Å². The number of halogens is 1. The van der Waals surface area contributed by atoms with E-state index in [4.69, 9.17) is 4.74 Å². The van der Waals surface area contributed by atoms with Crippen molar-refractivity contribution in [2.24, 2.45) is 0 Å². The summed E-state index contributed by atoms with van der Waals surface area (Å²) in [6, 6.07) is 2.71. The Balaban J connectivity index is 2.43. The Labute approximate surface area is 123 Å². The lowest BCUT2D eigenvalue weighted by molar-refractivity contribution is -0.146. The quantitative estimate of drug-likeness (QED) is 0.799. The monoisotopic (exact) mass is 315 g/mol. The Kier molecular flexibility index (Phi) is 4.63. The molecule has 1 aromatic carbocycles. The molecule has 0 amide bonds. The number of sulfonamides is 1. The number of hydrogen-bond donors (Lipinski definition) is 0. The van der Waals surface area contributed by atoms with Gasteiger partial charge in [0.2, 0.25) is 10.0 Å². The molecule has 116 valence electrons. The lowest BCUT2D eigenvalue weighted by atomic mass is 10.1. The summed E-state index contributed by atoms with van der Waals surface area (Å²) in [6.07, 6.45) is 1.90. The summed E-state index contributed by atoms with van der Waals surface area (Å²) < 4.78 is 44.5. The molecule has 0 saturated carbocycles. The van der Waals surface area contributed by atoms with Crippen LogP contribution in [0.1, 0.15) is 24.8 Å². The Morgan fingerprint density at radius 1 is 1.38 bits per heavy atom. The van der Waals surface area contributed by atoms with Crippen molar-refractivity contribution in [2.75, 3.05) is 13.7 Å². The molecule has 0 spiro atoms. The van der Waals surface area contributed by atoms with Gasteiger partial charge in [-0.25, -0.2) is 12.8 Å². The van der Waals surface area contributed by atoms with Crippen LogP contribution >= 0.6 is 0 Å². The maximum atomic E-state index is 13.2. The highest BCUT2D eigenvalue weighted by atomic mass is 32.2. The van der Waals surface area contributed by atoms with Crippen LogP contribution in [-0.4, -0.2) is 38.4 Å². The number of esters is 1. The van der Waals surface area contributed by atoms with Crippen molar-refractivity contribution in [1.82, 2.24) is 4.31 Å². The molecule has 1 aromatic rings. The zero-order valence-corrected chi connectivity index (χ0v) is 12.8. The molecule has 0 aliphatic carbocycles. The van der Waals surface area contributed by atoms with Crippen LogP contribution in [0.15, 0.2) is 23.1 Å². The predicted molar refractivity (Wildman–Crippen MR) is 74.7 cm³/mol. The Morgan fingerprint density at radius 3 is 2.71 bits per heavy atom. The van der Waals surface area contributed by atoms with Gasteiger partial charge in [0.25, 0.3) is 0 Å². The molecule has 5 nitrogen and oxygen atoms in total. The molecule has 0 bridgehead atoms. The molecule has 2 rings (SSSR count). The van der Waals surface area contributed by atoms with Gasteiger partial charge >= 0.3 is 5.97 Å². The smallest absolute Gasteiger partial charge is 0.324 e. The average molecular weight is 315 g/mol. The van der Waals surface area contributed by atoms with E-state index in [-0.39, 0.29) is 11.4 Å². The summed E-state index contributed by atoms with van der Waals surface area (Å²) in [5, 5.41) is 0. The molecular formula is C14H18FNO4S. The van der Waals surface area contributed by atoms with Crippen molar-refractivity contribution < 1.29 is 22.3 Å². The highest BCUT2D eigenvalue weighted by Crippen LogP contribution is 2.28. The highest BCUT2D eigenvalue weighted by molar-refractivity contribution is 7.89. The Hall–Kier alpha value is -1.47. The van der Waals surface area contributed by atoms with E-state index in [0.29, 0.717) is 18.4 Å². The second kappa shape index (κ2) is 6.11. The van der Waals surface area contributed by atoms with Gasteiger partial charge in [0, 0.05) is 6.54 Å². The molecule has 1 aliphatic rings. The zero-order valence-electron chi connectivity index (χ0n) is 12.0. The molecule has 0 radical (unpaired) electrons. The van der Waals surface area contributed by atoms with E-state index in [1.165, 1.54) is 30.5 Å². The third-order valence-corrected chi connectivity index (χ3v) is 5.72. The summed E-state index contributed by atoms with van der Waals surface area (Å²) in [5.74, 6) is -1.05. The minimum atomic E-state index is -3.85. The number of rotatable bonds is 3. The van der Waals surface area contributed by atoms with Gasteiger partial charge in [0.15, 0.2) is 0 Å². The third-order valence-electron chi connectivity index (χ3n) is 3.65. The Bertz CT molecular complexity index is 644. The van der Waals surface area contributed by atoms with E-state index in [1.807, 2.05) is 0 Å². The first-order valence-corrected chi connectivity index (χ1v) is 8.17. The fraction of sp³-hybridized carbons (Fsp3) is 0.500. The fourth-order valence-electron chi connectivity index (χ4n) is 2.59. The number of carbonyl (C=O) groups is 1. The minimum absolute atomic E-state index is 0.0275. The minimum Gasteiger partial charge on any atom is -0.468 e. The molecule has 1 atom stereocenters. The van der Waals surface area contributed by atoms with Crippen molar-refractivity contribution >= 4 is 16.0 Å². The second-order valence-corrected chi connectivity index (χ2v) is 6.92. The maximum absolute atomic E-state index is 13.2. The SMILES string of the molecule is COC(=O)[C@H]1CCCCN1S(=O)(=O)c1ccc(F)cc1C. The van der Waals surface area contributed by atoms with Gasteiger partial charge in [-0.05, 0) is 49.9 Å². The number of carbonyl (C=O) groups excluding carboxylic acids is 1. The molecule has 7 heteroatoms. The van der Waals surface area contributed by atoms with Gasteiger partial charge < -0.3 is 4.74 Å². The molecule has 1 aliphatic heterocycles. The van der Waals surface area contributed by atoms with Crippen molar-refractivity contribution in [3.8, 4) is 0 Å². The normalized spacial score (nSPS) is 20.2. The van der Waals surface area contributed by atoms with Crippen LogP contribution in [0.25, 0.3) is 0 Å². The Morgan fingerprint density at radius 2 is 2.10 bits per heavy atom. The zero-order chi connectivity index (χ0) is 15.6. The van der Waals surface area contributed by atoms with Crippen LogP contribution < -0.4 is 0 Å². The molecule has 0 aromatic heterocycles. The van der Waals surface area contributed by atoms with Crippen LogP contribution in [0, 0.1) is 12.7 Å². The van der Waals surface area contributed by atoms with Crippen LogP contribution in [0.3, 0.4) is 0 Å². The summed E-state index contributed by atoms with van der Waals surface area (Å²) in [6.45, 7) is 1.80. The highest BCUT2D eigenvalue weighted by Gasteiger charge is 2.38. The third kappa shape index (κ3) is 3.08. The lowest BCUT2D eigenvalue weighted by Gasteiger charge is -2.33. The summed E-state index contributed by atoms with van der Waals surface area (Å²) >= 11 is 0. The number of methoxy groups -OCH3 is 1. The molecule has 21 heavy (non-hydrogen) atoms. The number of ether oxygens (including phenoxy) is 1. The number of benzene rings is 1. The lowest BCUT2D eigenvalue weighted by Crippen LogP contribution is -2.48. The van der Waals surface area contributed by atoms with E-state index in [9.17, 15) is 17.6 Å². The topological polar surface area (TPSA) is 63.7 Å². The molecule has 0 unspecified atom stereocenters. The van der Waals surface area contributed by atoms with Crippen molar-refractivity contribution in [3.63, 3.8) is 0 Å². The van der Waals surface area contributed by atoms with Crippen LogP contribution in [0.2, 0.25) is 0 Å². The van der Waals surface area contributed by atoms with E-state index >= 15 is 0 Å². The van der Waals surface area contributed by atoms with Crippen LogP contribution in [0.5, 0.6) is 0 Å². The summed E-state index contributed by atoms with van der Waals surface area (Å²) in [5.41, 5.74) is 0.323. The number of nitrogens with zero attached hydrogens (tertiary/aromatic N) is 1. The number of piperidine rings is 1. The average Bonchev–Trinajstić information content (AvgIpc) is 2.46. The van der Waals surface area contributed by atoms with Gasteiger partial charge in [-0.1, -0.05) is 0 Å². The largest absolute Gasteiger partial charge is 0.468 e. The van der Waals surface area contributed by atoms with Gasteiger partial charge in [-0.2, -0.15) is 4.31 Å². The fourth-order valence-corrected chi connectivity index (χ4v) is 4.45. The van der Waals surface area contributed by atoms with Crippen molar-refractivity contribution in [1.29, 1.82) is 0 Å². The van der Waals surface area contributed by atoms with E-state index in [0.717, 1.165) is 12.5 Å². The molecule has 0 N–H and O–H groups in total. The van der Waals surface area contributed by atoms with E-state index in [2.05, 4.69) is 0 Å². The summed E-state index contributed by atoms with van der Waals surface area (Å²) in [4.78, 5) is 11.8. The molecular weight excluding hydrogens is 297 g/mol. The van der Waals surface area contributed by atoms with E-state index in [1.54, 1.807) is 0 Å². The van der Waals surface area contributed by atoms with Crippen molar-refractivity contribution in [3.05, 3.63) is 29.6 Å². The van der Waals surface area contributed by atoms with Crippen LogP contribution in [-0.2, 0) is 19.6 Å². The van der Waals surface area contributed by atoms with Gasteiger partial charge in [-0.3, -0.25) is 4.79 Å². The van der Waals surface area contributed by atoms with Gasteiger partial charge in [0.05, 0.1) is 12.0 Å². The van der Waals surface area contributed by atoms with Gasteiger partial charge in [-0.15, -0.1) is 0 Å². The number of hydrogen-bond acceptors (Lipinski definition) is 4. The predicted octanol–water partition coefficient (Wildman–Crippen LogP) is 1.85.